The van der Waals surface area contributed by atoms with Gasteiger partial charge >= 0.3 is 0 Å². The fraction of sp³-hybridized carbons (Fsp3) is 0.0667. The Bertz CT molecular complexity index is 632. The number of thiocarbonyl (C=S) groups is 1. The Morgan fingerprint density at radius 1 is 1.25 bits per heavy atom. The van der Waals surface area contributed by atoms with Crippen molar-refractivity contribution in [3.8, 4) is 11.3 Å². The Morgan fingerprint density at radius 2 is 2.00 bits per heavy atom. The summed E-state index contributed by atoms with van der Waals surface area (Å²) in [6, 6.07) is 13.5. The molecule has 0 atom stereocenters. The number of carbonyl (C=O) groups is 1. The number of rotatable bonds is 5. The number of benzene rings is 1. The molecule has 0 fully saturated rings. The van der Waals surface area contributed by atoms with Gasteiger partial charge in [0, 0.05) is 23.4 Å². The fourth-order valence-corrected chi connectivity index (χ4v) is 2.45. The number of hydrogen-bond acceptors (Lipinski definition) is 4. The summed E-state index contributed by atoms with van der Waals surface area (Å²) in [4.78, 5) is 12.2. The zero-order chi connectivity index (χ0) is 14.4. The summed E-state index contributed by atoms with van der Waals surface area (Å²) in [5, 5.41) is 2.57. The van der Waals surface area contributed by atoms with Crippen LogP contribution in [-0.2, 0) is 4.79 Å². The highest BCUT2D eigenvalue weighted by Crippen LogP contribution is 2.25. The van der Waals surface area contributed by atoms with Crippen molar-refractivity contribution in [3.63, 3.8) is 0 Å². The van der Waals surface area contributed by atoms with E-state index in [9.17, 15) is 4.79 Å². The number of amides is 1. The van der Waals surface area contributed by atoms with Crippen LogP contribution in [0.3, 0.4) is 0 Å². The van der Waals surface area contributed by atoms with E-state index in [1.54, 1.807) is 13.1 Å². The molecule has 3 nitrogen and oxygen atoms in total. The van der Waals surface area contributed by atoms with Crippen molar-refractivity contribution in [1.82, 2.24) is 5.32 Å². The Morgan fingerprint density at radius 3 is 2.65 bits per heavy atom. The van der Waals surface area contributed by atoms with Crippen LogP contribution in [0.4, 0.5) is 0 Å². The lowest BCUT2D eigenvalue weighted by molar-refractivity contribution is -0.116. The topological polar surface area (TPSA) is 42.2 Å². The molecule has 0 bridgehead atoms. The highest BCUT2D eigenvalue weighted by Gasteiger charge is 2.09. The van der Waals surface area contributed by atoms with Gasteiger partial charge in [0.25, 0.3) is 5.91 Å². The van der Waals surface area contributed by atoms with Gasteiger partial charge in [0.05, 0.1) is 4.91 Å². The van der Waals surface area contributed by atoms with Crippen LogP contribution >= 0.6 is 24.0 Å². The lowest BCUT2D eigenvalue weighted by Crippen LogP contribution is -2.18. The Labute approximate surface area is 127 Å². The van der Waals surface area contributed by atoms with Crippen LogP contribution in [-0.4, -0.2) is 17.7 Å². The minimum Gasteiger partial charge on any atom is -0.457 e. The van der Waals surface area contributed by atoms with Crippen molar-refractivity contribution in [2.24, 2.45) is 0 Å². The van der Waals surface area contributed by atoms with Crippen molar-refractivity contribution in [2.45, 2.75) is 0 Å². The third kappa shape index (κ3) is 3.59. The molecule has 0 aliphatic heterocycles. The van der Waals surface area contributed by atoms with E-state index in [4.69, 9.17) is 16.6 Å². The van der Waals surface area contributed by atoms with Gasteiger partial charge in [-0.05, 0) is 12.1 Å². The maximum atomic E-state index is 11.7. The molecule has 0 unspecified atom stereocenters. The van der Waals surface area contributed by atoms with Crippen LogP contribution in [0.2, 0.25) is 0 Å². The van der Waals surface area contributed by atoms with Gasteiger partial charge in [0.2, 0.25) is 0 Å². The molecule has 1 heterocycles. The smallest absolute Gasteiger partial charge is 0.257 e. The summed E-state index contributed by atoms with van der Waals surface area (Å²) < 4.78 is 7.17. The van der Waals surface area contributed by atoms with Gasteiger partial charge in [-0.1, -0.05) is 54.3 Å². The van der Waals surface area contributed by atoms with Gasteiger partial charge in [-0.2, -0.15) is 0 Å². The molecule has 0 aliphatic rings. The second-order valence-corrected chi connectivity index (χ2v) is 5.32. The van der Waals surface area contributed by atoms with E-state index in [2.05, 4.69) is 5.32 Å². The molecule has 1 amide bonds. The molecule has 1 aromatic carbocycles. The van der Waals surface area contributed by atoms with E-state index in [0.29, 0.717) is 10.7 Å². The third-order valence-electron chi connectivity index (χ3n) is 2.58. The number of nitrogens with one attached hydrogen (secondary N) is 1. The third-order valence-corrected chi connectivity index (χ3v) is 3.53. The molecule has 1 N–H and O–H groups in total. The number of likely N-dealkylation sites (N-methyl/N-ethyl adjacent to an activating group) is 1. The number of carbonyl (C=O) groups excluding carboxylic acids is 1. The molecule has 102 valence electrons. The van der Waals surface area contributed by atoms with Crippen molar-refractivity contribution in [1.29, 1.82) is 0 Å². The molecule has 2 rings (SSSR count). The van der Waals surface area contributed by atoms with Gasteiger partial charge in [0.15, 0.2) is 0 Å². The normalized spacial score (nSPS) is 11.2. The SMILES string of the molecule is CNC(=O)/C(=C/c1ccc(-c2ccccc2)o1)SC=S. The summed E-state index contributed by atoms with van der Waals surface area (Å²) in [7, 11) is 1.58. The molecule has 20 heavy (non-hydrogen) atoms. The van der Waals surface area contributed by atoms with Crippen LogP contribution in [0.5, 0.6) is 0 Å². The molecule has 0 saturated heterocycles. The molecule has 0 radical (unpaired) electrons. The maximum Gasteiger partial charge on any atom is 0.257 e. The summed E-state index contributed by atoms with van der Waals surface area (Å²) >= 11 is 5.97. The first-order valence-electron chi connectivity index (χ1n) is 5.94. The molecular weight excluding hydrogens is 290 g/mol. The van der Waals surface area contributed by atoms with Gasteiger partial charge < -0.3 is 9.73 Å². The van der Waals surface area contributed by atoms with Crippen molar-refractivity contribution in [3.05, 3.63) is 53.1 Å². The summed E-state index contributed by atoms with van der Waals surface area (Å²) in [6.45, 7) is 0. The number of thioether (sulfide) groups is 1. The van der Waals surface area contributed by atoms with Crippen molar-refractivity contribution >= 4 is 40.7 Å². The van der Waals surface area contributed by atoms with Crippen LogP contribution in [0.25, 0.3) is 17.4 Å². The van der Waals surface area contributed by atoms with Gasteiger partial charge in [0.1, 0.15) is 11.5 Å². The molecule has 5 heteroatoms. The Hall–Kier alpha value is -1.85. The minimum atomic E-state index is -0.186. The molecule has 0 aliphatic carbocycles. The maximum absolute atomic E-state index is 11.7. The summed E-state index contributed by atoms with van der Waals surface area (Å²) in [5.74, 6) is 1.20. The monoisotopic (exact) mass is 303 g/mol. The van der Waals surface area contributed by atoms with E-state index in [0.717, 1.165) is 11.3 Å². The zero-order valence-electron chi connectivity index (χ0n) is 10.8. The van der Waals surface area contributed by atoms with Gasteiger partial charge in [-0.25, -0.2) is 0 Å². The molecule has 0 saturated carbocycles. The predicted octanol–water partition coefficient (Wildman–Crippen LogP) is 3.72. The standard InChI is InChI=1S/C15H13NO2S2/c1-16-15(17)14(20-10-19)9-12-7-8-13(18-12)11-5-3-2-4-6-11/h2-10H,1H3,(H,16,17)/b14-9-. The zero-order valence-corrected chi connectivity index (χ0v) is 12.5. The van der Waals surface area contributed by atoms with Crippen molar-refractivity contribution in [2.75, 3.05) is 7.05 Å². The first-order chi connectivity index (χ1) is 9.74. The highest BCUT2D eigenvalue weighted by molar-refractivity contribution is 8.24. The summed E-state index contributed by atoms with van der Waals surface area (Å²) in [5.41, 5.74) is 0.996. The van der Waals surface area contributed by atoms with E-state index >= 15 is 0 Å². The van der Waals surface area contributed by atoms with E-state index < -0.39 is 0 Å². The quantitative estimate of drug-likeness (QED) is 0.675. The van der Waals surface area contributed by atoms with Crippen LogP contribution in [0, 0.1) is 0 Å². The minimum absolute atomic E-state index is 0.186. The predicted molar refractivity (Wildman–Crippen MR) is 87.4 cm³/mol. The number of hydrogen-bond donors (Lipinski definition) is 1. The molecule has 0 spiro atoms. The second-order valence-electron chi connectivity index (χ2n) is 3.87. The number of furan rings is 1. The Kier molecular flexibility index (Phi) is 5.15. The first-order valence-corrected chi connectivity index (χ1v) is 7.29. The van der Waals surface area contributed by atoms with Crippen LogP contribution < -0.4 is 5.32 Å². The molecule has 1 aromatic heterocycles. The van der Waals surface area contributed by atoms with E-state index in [1.807, 2.05) is 42.5 Å². The van der Waals surface area contributed by atoms with E-state index in [1.165, 1.54) is 16.5 Å². The van der Waals surface area contributed by atoms with Crippen LogP contribution in [0.15, 0.2) is 51.8 Å². The van der Waals surface area contributed by atoms with Crippen molar-refractivity contribution < 1.29 is 9.21 Å². The Balaban J connectivity index is 2.28. The lowest BCUT2D eigenvalue weighted by atomic mass is 10.2. The second kappa shape index (κ2) is 7.07. The molecule has 2 aromatic rings. The molecular formula is C15H13NO2S2. The van der Waals surface area contributed by atoms with E-state index in [-0.39, 0.29) is 5.91 Å². The van der Waals surface area contributed by atoms with Gasteiger partial charge in [-0.3, -0.25) is 4.79 Å². The average Bonchev–Trinajstić information content (AvgIpc) is 2.95. The fourth-order valence-electron chi connectivity index (χ4n) is 1.65. The highest BCUT2D eigenvalue weighted by atomic mass is 32.2. The summed E-state index contributed by atoms with van der Waals surface area (Å²) in [6.07, 6.45) is 1.68. The van der Waals surface area contributed by atoms with Gasteiger partial charge in [-0.15, -0.1) is 0 Å². The van der Waals surface area contributed by atoms with Crippen LogP contribution in [0.1, 0.15) is 5.76 Å². The first kappa shape index (κ1) is 14.6. The average molecular weight is 303 g/mol. The largest absolute Gasteiger partial charge is 0.457 e. The lowest BCUT2D eigenvalue weighted by Gasteiger charge is -2.00.